The summed E-state index contributed by atoms with van der Waals surface area (Å²) >= 11 is 1.76. The van der Waals surface area contributed by atoms with Gasteiger partial charge in [-0.05, 0) is 61.5 Å². The minimum absolute atomic E-state index is 0.0609. The Morgan fingerprint density at radius 1 is 1.33 bits per heavy atom. The van der Waals surface area contributed by atoms with Crippen LogP contribution in [0.1, 0.15) is 41.0 Å². The highest BCUT2D eigenvalue weighted by atomic mass is 32.1. The zero-order valence-electron chi connectivity index (χ0n) is 14.1. The number of rotatable bonds is 5. The third kappa shape index (κ3) is 4.16. The molecule has 2 heterocycles. The number of amides is 1. The number of anilines is 1. The standard InChI is InChI=1S/C19H25N3OS/c1-14-7-9-22(10-8-14)17(18-6-3-11-24-18)13-21-19(23)15-4-2-5-16(20)12-15/h2-6,11-12,14,17H,7-10,13,20H2,1H3,(H,21,23). The largest absolute Gasteiger partial charge is 0.399 e. The summed E-state index contributed by atoms with van der Waals surface area (Å²) in [5, 5.41) is 5.20. The summed E-state index contributed by atoms with van der Waals surface area (Å²) in [6.07, 6.45) is 2.45. The van der Waals surface area contributed by atoms with Gasteiger partial charge in [0.05, 0.1) is 6.04 Å². The first-order chi connectivity index (χ1) is 11.6. The molecule has 0 spiro atoms. The van der Waals surface area contributed by atoms with E-state index in [1.54, 1.807) is 29.5 Å². The van der Waals surface area contributed by atoms with Crippen molar-refractivity contribution in [2.24, 2.45) is 5.92 Å². The molecule has 5 heteroatoms. The number of carbonyl (C=O) groups excluding carboxylic acids is 1. The third-order valence-corrected chi connectivity index (χ3v) is 5.71. The molecule has 1 aromatic heterocycles. The van der Waals surface area contributed by atoms with Gasteiger partial charge in [-0.3, -0.25) is 9.69 Å². The second kappa shape index (κ2) is 7.81. The van der Waals surface area contributed by atoms with Crippen LogP contribution >= 0.6 is 11.3 Å². The maximum Gasteiger partial charge on any atom is 0.251 e. The van der Waals surface area contributed by atoms with E-state index in [0.29, 0.717) is 17.8 Å². The van der Waals surface area contributed by atoms with Crippen LogP contribution in [0.3, 0.4) is 0 Å². The molecule has 1 saturated heterocycles. The van der Waals surface area contributed by atoms with Gasteiger partial charge in [0.25, 0.3) is 5.91 Å². The Hall–Kier alpha value is -1.85. The quantitative estimate of drug-likeness (QED) is 0.817. The van der Waals surface area contributed by atoms with Crippen LogP contribution in [0.4, 0.5) is 5.69 Å². The third-order valence-electron chi connectivity index (χ3n) is 4.74. The van der Waals surface area contributed by atoms with Crippen molar-refractivity contribution in [3.05, 3.63) is 52.2 Å². The molecule has 0 bridgehead atoms. The van der Waals surface area contributed by atoms with Crippen LogP contribution in [0.2, 0.25) is 0 Å². The fraction of sp³-hybridized carbons (Fsp3) is 0.421. The number of hydrogen-bond donors (Lipinski definition) is 2. The van der Waals surface area contributed by atoms with Crippen LogP contribution in [0.15, 0.2) is 41.8 Å². The molecule has 1 unspecified atom stereocenters. The van der Waals surface area contributed by atoms with Crippen molar-refractivity contribution in [2.75, 3.05) is 25.4 Å². The predicted molar refractivity (Wildman–Crippen MR) is 100 cm³/mol. The van der Waals surface area contributed by atoms with Gasteiger partial charge in [0.15, 0.2) is 0 Å². The fourth-order valence-corrected chi connectivity index (χ4v) is 4.06. The van der Waals surface area contributed by atoms with Gasteiger partial charge >= 0.3 is 0 Å². The van der Waals surface area contributed by atoms with Crippen LogP contribution in [0.5, 0.6) is 0 Å². The second-order valence-electron chi connectivity index (χ2n) is 6.59. The van der Waals surface area contributed by atoms with Crippen molar-refractivity contribution in [1.29, 1.82) is 0 Å². The highest BCUT2D eigenvalue weighted by molar-refractivity contribution is 7.10. The van der Waals surface area contributed by atoms with Crippen LogP contribution in [0.25, 0.3) is 0 Å². The maximum atomic E-state index is 12.4. The summed E-state index contributed by atoms with van der Waals surface area (Å²) < 4.78 is 0. The highest BCUT2D eigenvalue weighted by Gasteiger charge is 2.25. The summed E-state index contributed by atoms with van der Waals surface area (Å²) in [5.41, 5.74) is 7.00. The lowest BCUT2D eigenvalue weighted by molar-refractivity contribution is 0.0915. The number of nitrogens with one attached hydrogen (secondary N) is 1. The lowest BCUT2D eigenvalue weighted by Crippen LogP contribution is -2.41. The number of carbonyl (C=O) groups is 1. The molecule has 1 aromatic carbocycles. The lowest BCUT2D eigenvalue weighted by atomic mass is 9.97. The second-order valence-corrected chi connectivity index (χ2v) is 7.56. The fourth-order valence-electron chi connectivity index (χ4n) is 3.20. The van der Waals surface area contributed by atoms with Gasteiger partial charge in [-0.15, -0.1) is 11.3 Å². The molecule has 4 nitrogen and oxygen atoms in total. The molecule has 1 amide bonds. The van der Waals surface area contributed by atoms with E-state index in [0.717, 1.165) is 19.0 Å². The van der Waals surface area contributed by atoms with Crippen molar-refractivity contribution >= 4 is 22.9 Å². The Balaban J connectivity index is 1.67. The predicted octanol–water partition coefficient (Wildman–Crippen LogP) is 3.53. The van der Waals surface area contributed by atoms with Gasteiger partial charge in [0, 0.05) is 22.7 Å². The molecule has 1 atom stereocenters. The molecule has 1 aliphatic heterocycles. The van der Waals surface area contributed by atoms with Crippen LogP contribution in [0, 0.1) is 5.92 Å². The van der Waals surface area contributed by atoms with E-state index in [2.05, 4.69) is 34.7 Å². The van der Waals surface area contributed by atoms with E-state index in [-0.39, 0.29) is 11.9 Å². The molecular weight excluding hydrogens is 318 g/mol. The van der Waals surface area contributed by atoms with Crippen LogP contribution in [-0.2, 0) is 0 Å². The van der Waals surface area contributed by atoms with E-state index in [9.17, 15) is 4.79 Å². The summed E-state index contributed by atoms with van der Waals surface area (Å²) in [5.74, 6) is 0.737. The molecule has 128 valence electrons. The number of benzene rings is 1. The molecular formula is C19H25N3OS. The van der Waals surface area contributed by atoms with E-state index in [4.69, 9.17) is 5.73 Å². The van der Waals surface area contributed by atoms with E-state index >= 15 is 0 Å². The first-order valence-electron chi connectivity index (χ1n) is 8.54. The molecule has 1 fully saturated rings. The maximum absolute atomic E-state index is 12.4. The van der Waals surface area contributed by atoms with Gasteiger partial charge < -0.3 is 11.1 Å². The van der Waals surface area contributed by atoms with Crippen molar-refractivity contribution in [3.8, 4) is 0 Å². The van der Waals surface area contributed by atoms with E-state index in [1.165, 1.54) is 17.7 Å². The number of likely N-dealkylation sites (tertiary alicyclic amines) is 1. The summed E-state index contributed by atoms with van der Waals surface area (Å²) in [4.78, 5) is 16.2. The lowest BCUT2D eigenvalue weighted by Gasteiger charge is -2.36. The average molecular weight is 343 g/mol. The number of piperidine rings is 1. The summed E-state index contributed by atoms with van der Waals surface area (Å²) in [6.45, 7) is 5.14. The number of hydrogen-bond acceptors (Lipinski definition) is 4. The van der Waals surface area contributed by atoms with E-state index in [1.807, 2.05) is 6.07 Å². The molecule has 24 heavy (non-hydrogen) atoms. The SMILES string of the molecule is CC1CCN(C(CNC(=O)c2cccc(N)c2)c2cccs2)CC1. The molecule has 2 aromatic rings. The molecule has 1 aliphatic rings. The minimum atomic E-state index is -0.0609. The average Bonchev–Trinajstić information content (AvgIpc) is 3.11. The van der Waals surface area contributed by atoms with Crippen molar-refractivity contribution in [1.82, 2.24) is 10.2 Å². The van der Waals surface area contributed by atoms with Crippen LogP contribution < -0.4 is 11.1 Å². The zero-order valence-corrected chi connectivity index (χ0v) is 14.9. The topological polar surface area (TPSA) is 58.4 Å². The molecule has 0 aliphatic carbocycles. The van der Waals surface area contributed by atoms with Crippen LogP contribution in [-0.4, -0.2) is 30.4 Å². The van der Waals surface area contributed by atoms with Gasteiger partial charge in [-0.1, -0.05) is 19.1 Å². The highest BCUT2D eigenvalue weighted by Crippen LogP contribution is 2.29. The molecule has 0 radical (unpaired) electrons. The number of nitrogens with zero attached hydrogens (tertiary/aromatic N) is 1. The van der Waals surface area contributed by atoms with Crippen molar-refractivity contribution in [3.63, 3.8) is 0 Å². The van der Waals surface area contributed by atoms with Gasteiger partial charge in [-0.2, -0.15) is 0 Å². The zero-order chi connectivity index (χ0) is 16.9. The van der Waals surface area contributed by atoms with Gasteiger partial charge in [0.1, 0.15) is 0 Å². The van der Waals surface area contributed by atoms with Crippen molar-refractivity contribution in [2.45, 2.75) is 25.8 Å². The summed E-state index contributed by atoms with van der Waals surface area (Å²) in [7, 11) is 0. The minimum Gasteiger partial charge on any atom is -0.399 e. The Kier molecular flexibility index (Phi) is 5.53. The number of thiophene rings is 1. The Morgan fingerprint density at radius 3 is 2.79 bits per heavy atom. The Bertz CT molecular complexity index is 663. The summed E-state index contributed by atoms with van der Waals surface area (Å²) in [6, 6.07) is 11.6. The Morgan fingerprint density at radius 2 is 2.12 bits per heavy atom. The normalized spacial score (nSPS) is 17.5. The van der Waals surface area contributed by atoms with E-state index < -0.39 is 0 Å². The Labute approximate surface area is 147 Å². The first-order valence-corrected chi connectivity index (χ1v) is 9.42. The molecule has 3 N–H and O–H groups in total. The first kappa shape index (κ1) is 17.0. The van der Waals surface area contributed by atoms with Gasteiger partial charge in [-0.25, -0.2) is 0 Å². The molecule has 0 saturated carbocycles. The smallest absolute Gasteiger partial charge is 0.251 e. The monoisotopic (exact) mass is 343 g/mol. The number of nitrogen functional groups attached to an aromatic ring is 1. The number of nitrogens with two attached hydrogens (primary N) is 1. The van der Waals surface area contributed by atoms with Crippen molar-refractivity contribution < 1.29 is 4.79 Å². The van der Waals surface area contributed by atoms with Gasteiger partial charge in [0.2, 0.25) is 0 Å². The molecule has 3 rings (SSSR count).